The third-order valence-electron chi connectivity index (χ3n) is 17.3. The number of benzodiazepines with no additional fused rings is 3. The Morgan fingerprint density at radius 2 is 0.677 bits per heavy atom. The number of hydrogen-bond donors (Lipinski definition) is 5. The largest absolute Gasteiger partial charge is 0.481 e. The fourth-order valence-electron chi connectivity index (χ4n) is 11.8. The van der Waals surface area contributed by atoms with Crippen molar-refractivity contribution in [2.24, 2.45) is 15.0 Å². The molecule has 4 heterocycles. The van der Waals surface area contributed by atoms with Gasteiger partial charge in [-0.05, 0) is 121 Å². The molecule has 1 fully saturated rings. The van der Waals surface area contributed by atoms with Crippen molar-refractivity contribution in [3.8, 4) is 36.2 Å². The van der Waals surface area contributed by atoms with E-state index < -0.39 is 44.7 Å². The number of carbonyl (C=O) groups excluding carboxylic acids is 3. The van der Waals surface area contributed by atoms with Crippen LogP contribution in [0.4, 0.5) is 17.1 Å². The molecule has 0 unspecified atom stereocenters. The molecule has 22 heteroatoms. The first-order valence-corrected chi connectivity index (χ1v) is 49.8. The SMILES string of the molecule is C.C#C[Si](C)(C)C.C#Cc1ccc2c(c1)C(c1ccccc1Cl)=NCC(=O)N2.C1CCOC1.CC(=O)O.CC(=O)O.C[SiH](C)CC#Cc1ccc2c(c1)C(c1ccccc1Cl)=NCC(=O)N2.O=C1CN=C(c2ccccc2Cl)c2ccccc2N1.[Pd].c1ccc(P(c2ccccc2)c2ccccc2)cc1.c1ccc(P(c2ccccc2)c2ccccc2)cc1. The summed E-state index contributed by atoms with van der Waals surface area (Å²) in [7, 11) is -2.69. The quantitative estimate of drug-likeness (QED) is 0.0504. The number of carbonyl (C=O) groups is 5. The summed E-state index contributed by atoms with van der Waals surface area (Å²) in [6.45, 7) is 15.4. The molecule has 16 rings (SSSR count). The number of terminal acetylenes is 2. The summed E-state index contributed by atoms with van der Waals surface area (Å²) in [6.07, 6.45) is 13.1. The van der Waals surface area contributed by atoms with E-state index in [4.69, 9.17) is 72.2 Å². The molecule has 0 aromatic heterocycles. The number of rotatable bonds is 10. The van der Waals surface area contributed by atoms with Crippen LogP contribution in [-0.2, 0) is 49.1 Å². The molecule has 12 aromatic carbocycles. The summed E-state index contributed by atoms with van der Waals surface area (Å²) in [5, 5.41) is 33.6. The monoisotopic (exact) mass is 1870 g/mol. The van der Waals surface area contributed by atoms with E-state index in [1.807, 2.05) is 115 Å². The normalized spacial score (nSPS) is 12.2. The predicted molar refractivity (Wildman–Crippen MR) is 525 cm³/mol. The van der Waals surface area contributed by atoms with Crippen molar-refractivity contribution in [1.29, 1.82) is 0 Å². The molecule has 4 aliphatic rings. The van der Waals surface area contributed by atoms with Crippen LogP contribution >= 0.6 is 50.6 Å². The van der Waals surface area contributed by atoms with Crippen molar-refractivity contribution in [2.75, 3.05) is 48.8 Å². The maximum Gasteiger partial charge on any atom is 0.300 e. The maximum absolute atomic E-state index is 12.0. The molecule has 0 radical (unpaired) electrons. The standard InChI is InChI=1S/C20H19ClN2OSi.2C18H15P.C17H11ClN2O.C15H11ClN2O.C5H10Si.C4H8O.2C2H4O2.CH4.Pd/c1-25(2)11-5-6-14-9-10-18-16(12-14)20(22-13-19(24)23-18)15-7-3-4-8-17(15)21;2*1-4-10-16(11-5-1)19(17-12-6-2-7-13-17)18-14-8-3-9-15-18;1-2-11-7-8-15-13(9-11)17(19-10-16(21)20-15)12-5-3-4-6-14(12)18;16-12-7-3-1-5-10(12)15-11-6-2-4-8-13(11)18-14(19)9-17-15;1-5-6(2,3)4;1-2-4-5-3-1;2*1-2(3)4;;/h3-4,7-10,12,25H,11,13H2,1-2H3,(H,23,24);2*1-15H;1,3-9H,10H2,(H,20,21);1-8H,9H2,(H,18,19);1H,2-4H3;1-4H2;2*1H3,(H,3,4);1H4;. The van der Waals surface area contributed by atoms with E-state index in [2.05, 4.69) is 269 Å². The first-order valence-electron chi connectivity index (χ1n) is 39.4. The van der Waals surface area contributed by atoms with E-state index in [9.17, 15) is 14.4 Å². The molecule has 0 bridgehead atoms. The topological polar surface area (TPSA) is 208 Å². The number of para-hydroxylation sites is 1. The average Bonchev–Trinajstić information content (AvgIpc) is 1.60. The summed E-state index contributed by atoms with van der Waals surface area (Å²) >= 11 is 18.9. The zero-order valence-corrected chi connectivity index (χ0v) is 77.2. The van der Waals surface area contributed by atoms with E-state index in [1.165, 1.54) is 44.7 Å². The Morgan fingerprint density at radius 3 is 0.952 bits per heavy atom. The van der Waals surface area contributed by atoms with Gasteiger partial charge in [0.15, 0.2) is 0 Å². The van der Waals surface area contributed by atoms with Gasteiger partial charge < -0.3 is 30.9 Å². The fourth-order valence-corrected chi connectivity index (χ4v) is 17.6. The van der Waals surface area contributed by atoms with E-state index in [0.29, 0.717) is 26.5 Å². The number of aliphatic carboxylic acids is 2. The molecule has 1 saturated heterocycles. The van der Waals surface area contributed by atoms with Crippen molar-refractivity contribution >= 4 is 163 Å². The van der Waals surface area contributed by atoms with Crippen LogP contribution in [0, 0.1) is 36.2 Å². The fraction of sp³-hybridized carbons (Fsp3) is 0.157. The molecular formula is C102H101Cl3N6O8P2PdSi2. The average molecular weight is 1870 g/mol. The number of ether oxygens (including phenoxy) is 1. The van der Waals surface area contributed by atoms with Gasteiger partial charge in [0.05, 0.1) is 34.2 Å². The number of fused-ring (bicyclic) bond motifs is 3. The van der Waals surface area contributed by atoms with Crippen LogP contribution < -0.4 is 47.8 Å². The first-order chi connectivity index (χ1) is 58.9. The van der Waals surface area contributed by atoms with Gasteiger partial charge in [-0.25, -0.2) is 0 Å². The molecule has 5 N–H and O–H groups in total. The van der Waals surface area contributed by atoms with Gasteiger partial charge in [0, 0.05) is 122 Å². The van der Waals surface area contributed by atoms with Gasteiger partial charge in [-0.15, -0.1) is 24.3 Å². The molecule has 0 atom stereocenters. The molecule has 0 spiro atoms. The molecule has 0 aliphatic carbocycles. The number of amides is 3. The molecule has 12 aromatic rings. The molecule has 0 saturated carbocycles. The number of carboxylic acids is 2. The third-order valence-corrected chi connectivity index (χ3v) is 25.1. The van der Waals surface area contributed by atoms with E-state index in [1.54, 1.807) is 18.2 Å². The van der Waals surface area contributed by atoms with Crippen molar-refractivity contribution in [3.05, 3.63) is 375 Å². The minimum Gasteiger partial charge on any atom is -0.481 e. The van der Waals surface area contributed by atoms with Gasteiger partial charge in [0.1, 0.15) is 27.7 Å². The number of nitrogens with zero attached hydrogens (tertiary/aromatic N) is 3. The second kappa shape index (κ2) is 54.2. The maximum atomic E-state index is 12.0. The van der Waals surface area contributed by atoms with Gasteiger partial charge in [-0.3, -0.25) is 38.9 Å². The number of nitrogens with one attached hydrogen (secondary N) is 3. The van der Waals surface area contributed by atoms with Crippen LogP contribution in [0.15, 0.2) is 330 Å². The van der Waals surface area contributed by atoms with Gasteiger partial charge in [-0.2, -0.15) is 0 Å². The van der Waals surface area contributed by atoms with Crippen molar-refractivity contribution in [2.45, 2.75) is 72.9 Å². The Morgan fingerprint density at radius 1 is 0.419 bits per heavy atom. The van der Waals surface area contributed by atoms with Gasteiger partial charge in [0.2, 0.25) is 17.7 Å². The number of anilines is 3. The molecule has 3 amide bonds. The summed E-state index contributed by atoms with van der Waals surface area (Å²) < 4.78 is 4.94. The van der Waals surface area contributed by atoms with Crippen LogP contribution in [0.1, 0.15) is 78.6 Å². The second-order valence-corrected chi connectivity index (χ2v) is 42.3. The minimum atomic E-state index is -1.10. The molecule has 124 heavy (non-hydrogen) atoms. The minimum absolute atomic E-state index is 0. The Labute approximate surface area is 764 Å². The zero-order chi connectivity index (χ0) is 87.6. The Bertz CT molecular complexity index is 5380. The summed E-state index contributed by atoms with van der Waals surface area (Å²) in [4.78, 5) is 66.7. The Kier molecular flexibility index (Phi) is 44.2. The second-order valence-electron chi connectivity index (χ2n) is 28.6. The molecular weight excluding hydrogens is 1770 g/mol. The Balaban J connectivity index is 0.000000227. The van der Waals surface area contributed by atoms with Crippen molar-refractivity contribution in [1.82, 2.24) is 0 Å². The number of carboxylic acid groups (broad SMARTS) is 2. The molecule has 636 valence electrons. The van der Waals surface area contributed by atoms with Crippen molar-refractivity contribution < 1.29 is 59.3 Å². The van der Waals surface area contributed by atoms with Gasteiger partial charge in [-0.1, -0.05) is 342 Å². The van der Waals surface area contributed by atoms with Crippen LogP contribution in [0.3, 0.4) is 0 Å². The number of aliphatic imine (C=N–C) groups is 3. The zero-order valence-electron chi connectivity index (χ0n) is 69.4. The third kappa shape index (κ3) is 33.9. The van der Waals surface area contributed by atoms with E-state index >= 15 is 0 Å². The van der Waals surface area contributed by atoms with E-state index in [0.717, 1.165) is 100 Å². The summed E-state index contributed by atoms with van der Waals surface area (Å²) in [5.41, 5.74) is 13.7. The van der Waals surface area contributed by atoms with Gasteiger partial charge >= 0.3 is 0 Å². The number of hydrogen-bond acceptors (Lipinski definition) is 9. The van der Waals surface area contributed by atoms with Crippen molar-refractivity contribution in [3.63, 3.8) is 0 Å². The number of benzene rings is 12. The summed E-state index contributed by atoms with van der Waals surface area (Å²) in [5.74, 6) is 7.00. The van der Waals surface area contributed by atoms with Crippen LogP contribution in [0.2, 0.25) is 53.8 Å². The predicted octanol–water partition coefficient (Wildman–Crippen LogP) is 20.2. The van der Waals surface area contributed by atoms with E-state index in [-0.39, 0.29) is 65.2 Å². The van der Waals surface area contributed by atoms with Crippen LogP contribution in [0.5, 0.6) is 0 Å². The van der Waals surface area contributed by atoms with Crippen LogP contribution in [-0.4, -0.2) is 107 Å². The smallest absolute Gasteiger partial charge is 0.300 e. The molecule has 14 nitrogen and oxygen atoms in total. The van der Waals surface area contributed by atoms with Crippen LogP contribution in [0.25, 0.3) is 0 Å². The molecule has 4 aliphatic heterocycles. The van der Waals surface area contributed by atoms with Gasteiger partial charge in [0.25, 0.3) is 11.9 Å². The Hall–Kier alpha value is -11.5. The summed E-state index contributed by atoms with van der Waals surface area (Å²) in [6, 6.07) is 107. The number of halogens is 3. The first kappa shape index (κ1) is 101.